The van der Waals surface area contributed by atoms with Gasteiger partial charge in [-0.25, -0.2) is 9.78 Å². The highest BCUT2D eigenvalue weighted by atomic mass is 32.2. The second-order valence-corrected chi connectivity index (χ2v) is 6.74. The molecule has 0 saturated heterocycles. The number of nitrogens with zero attached hydrogens (tertiary/aromatic N) is 2. The fourth-order valence-corrected chi connectivity index (χ4v) is 3.73. The number of ether oxygens (including phenoxy) is 1. The van der Waals surface area contributed by atoms with Gasteiger partial charge in [-0.1, -0.05) is 48.2 Å². The molecule has 0 saturated carbocycles. The average molecular weight is 376 g/mol. The maximum Gasteiger partial charge on any atom is 0.338 e. The lowest BCUT2D eigenvalue weighted by Gasteiger charge is -2.14. The maximum absolute atomic E-state index is 13.4. The largest absolute Gasteiger partial charge is 0.465 e. The zero-order valence-electron chi connectivity index (χ0n) is 14.8. The lowest BCUT2D eigenvalue weighted by Crippen LogP contribution is -2.23. The number of hydrogen-bond acceptors (Lipinski definition) is 5. The van der Waals surface area contributed by atoms with Crippen LogP contribution in [0.5, 0.6) is 0 Å². The molecule has 0 fully saturated rings. The fourth-order valence-electron chi connectivity index (χ4n) is 3.17. The number of rotatable bonds is 3. The van der Waals surface area contributed by atoms with Crippen molar-refractivity contribution in [3.63, 3.8) is 0 Å². The first kappa shape index (κ1) is 17.3. The van der Waals surface area contributed by atoms with Crippen molar-refractivity contribution < 1.29 is 9.53 Å². The Morgan fingerprint density at radius 2 is 1.81 bits per heavy atom. The molecule has 1 aromatic heterocycles. The molecule has 0 N–H and O–H groups in total. The lowest BCUT2D eigenvalue weighted by molar-refractivity contribution is 0.0603. The number of hydrogen-bond donors (Lipinski definition) is 0. The van der Waals surface area contributed by atoms with Crippen LogP contribution in [0, 0.1) is 0 Å². The number of carbonyl (C=O) groups is 1. The molecule has 6 heteroatoms. The predicted molar refractivity (Wildman–Crippen MR) is 108 cm³/mol. The van der Waals surface area contributed by atoms with E-state index in [1.807, 2.05) is 48.7 Å². The molecule has 0 unspecified atom stereocenters. The van der Waals surface area contributed by atoms with Crippen molar-refractivity contribution in [3.8, 4) is 5.69 Å². The van der Waals surface area contributed by atoms with Gasteiger partial charge in [0.25, 0.3) is 5.56 Å². The van der Waals surface area contributed by atoms with Crippen LogP contribution in [0.4, 0.5) is 0 Å². The molecule has 0 atom stereocenters. The van der Waals surface area contributed by atoms with Gasteiger partial charge in [0.2, 0.25) is 0 Å². The Balaban J connectivity index is 2.08. The molecule has 4 aromatic rings. The molecule has 0 bridgehead atoms. The number of benzene rings is 3. The topological polar surface area (TPSA) is 61.2 Å². The molecule has 27 heavy (non-hydrogen) atoms. The highest BCUT2D eigenvalue weighted by Gasteiger charge is 2.19. The molecule has 3 aromatic carbocycles. The second-order valence-electron chi connectivity index (χ2n) is 5.96. The Morgan fingerprint density at radius 1 is 1.04 bits per heavy atom. The van der Waals surface area contributed by atoms with Crippen LogP contribution in [0.2, 0.25) is 0 Å². The molecule has 134 valence electrons. The smallest absolute Gasteiger partial charge is 0.338 e. The predicted octanol–water partition coefficient (Wildman–Crippen LogP) is 4.05. The summed E-state index contributed by atoms with van der Waals surface area (Å²) in [4.78, 5) is 30.1. The molecular formula is C21H16N2O3S. The van der Waals surface area contributed by atoms with E-state index in [2.05, 4.69) is 4.98 Å². The van der Waals surface area contributed by atoms with Crippen LogP contribution in [-0.4, -0.2) is 28.9 Å². The van der Waals surface area contributed by atoms with Crippen LogP contribution in [-0.2, 0) is 4.74 Å². The summed E-state index contributed by atoms with van der Waals surface area (Å²) in [5, 5.41) is 2.93. The normalized spacial score (nSPS) is 11.0. The van der Waals surface area contributed by atoms with E-state index in [4.69, 9.17) is 4.74 Å². The van der Waals surface area contributed by atoms with Gasteiger partial charge in [0.1, 0.15) is 0 Å². The molecule has 0 aliphatic carbocycles. The summed E-state index contributed by atoms with van der Waals surface area (Å²) in [7, 11) is 1.30. The zero-order valence-corrected chi connectivity index (χ0v) is 15.6. The monoisotopic (exact) mass is 376 g/mol. The molecule has 0 aliphatic rings. The fraction of sp³-hybridized carbons (Fsp3) is 0.0952. The summed E-state index contributed by atoms with van der Waals surface area (Å²) < 4.78 is 6.39. The number of fused-ring (bicyclic) bond motifs is 2. The van der Waals surface area contributed by atoms with Gasteiger partial charge in [0.15, 0.2) is 5.16 Å². The van der Waals surface area contributed by atoms with Crippen LogP contribution >= 0.6 is 11.8 Å². The van der Waals surface area contributed by atoms with Crippen molar-refractivity contribution in [1.82, 2.24) is 9.55 Å². The van der Waals surface area contributed by atoms with Gasteiger partial charge in [-0.3, -0.25) is 9.36 Å². The highest BCUT2D eigenvalue weighted by molar-refractivity contribution is 7.98. The van der Waals surface area contributed by atoms with E-state index in [1.165, 1.54) is 18.9 Å². The van der Waals surface area contributed by atoms with Crippen molar-refractivity contribution in [1.29, 1.82) is 0 Å². The minimum Gasteiger partial charge on any atom is -0.465 e. The van der Waals surface area contributed by atoms with E-state index in [0.29, 0.717) is 16.4 Å². The lowest BCUT2D eigenvalue weighted by atomic mass is 10.1. The number of aromatic nitrogens is 2. The quantitative estimate of drug-likeness (QED) is 0.307. The maximum atomic E-state index is 13.4. The van der Waals surface area contributed by atoms with Crippen LogP contribution in [0.3, 0.4) is 0 Å². The SMILES string of the molecule is COC(=O)c1cccc2nc(SC)n(-c3ccc4ccccc4c3)c(=O)c12. The summed E-state index contributed by atoms with van der Waals surface area (Å²) in [5.74, 6) is -0.554. The van der Waals surface area contributed by atoms with E-state index in [0.717, 1.165) is 10.8 Å². The number of esters is 1. The van der Waals surface area contributed by atoms with Crippen molar-refractivity contribution in [2.75, 3.05) is 13.4 Å². The summed E-state index contributed by atoms with van der Waals surface area (Å²) >= 11 is 1.38. The summed E-state index contributed by atoms with van der Waals surface area (Å²) in [6.45, 7) is 0. The highest BCUT2D eigenvalue weighted by Crippen LogP contribution is 2.24. The second kappa shape index (κ2) is 6.89. The van der Waals surface area contributed by atoms with E-state index in [1.54, 1.807) is 22.8 Å². The van der Waals surface area contributed by atoms with E-state index in [-0.39, 0.29) is 16.5 Å². The molecule has 5 nitrogen and oxygen atoms in total. The Hall–Kier alpha value is -3.12. The van der Waals surface area contributed by atoms with E-state index in [9.17, 15) is 9.59 Å². The Bertz CT molecular complexity index is 1250. The standard InChI is InChI=1S/C21H16N2O3S/c1-26-20(25)16-8-5-9-17-18(16)19(24)23(21(22-17)27-2)15-11-10-13-6-3-4-7-14(13)12-15/h3-12H,1-2H3. The molecule has 1 heterocycles. The third-order valence-corrected chi connectivity index (χ3v) is 5.08. The van der Waals surface area contributed by atoms with Crippen molar-refractivity contribution in [2.45, 2.75) is 5.16 Å². The van der Waals surface area contributed by atoms with Gasteiger partial charge in [-0.2, -0.15) is 0 Å². The molecule has 0 spiro atoms. The van der Waals surface area contributed by atoms with Gasteiger partial charge in [-0.15, -0.1) is 0 Å². The first-order valence-electron chi connectivity index (χ1n) is 8.31. The Labute approximate surface area is 159 Å². The minimum atomic E-state index is -0.554. The average Bonchev–Trinajstić information content (AvgIpc) is 2.72. The van der Waals surface area contributed by atoms with Gasteiger partial charge in [0.05, 0.1) is 29.3 Å². The third-order valence-electron chi connectivity index (χ3n) is 4.45. The van der Waals surface area contributed by atoms with Crippen molar-refractivity contribution >= 4 is 39.4 Å². The number of carbonyl (C=O) groups excluding carboxylic acids is 1. The van der Waals surface area contributed by atoms with E-state index >= 15 is 0 Å². The van der Waals surface area contributed by atoms with Gasteiger partial charge >= 0.3 is 5.97 Å². The van der Waals surface area contributed by atoms with Gasteiger partial charge in [0, 0.05) is 0 Å². The van der Waals surface area contributed by atoms with Crippen molar-refractivity contribution in [2.24, 2.45) is 0 Å². The number of thioether (sulfide) groups is 1. The first-order valence-corrected chi connectivity index (χ1v) is 9.54. The molecule has 4 rings (SSSR count). The van der Waals surface area contributed by atoms with Gasteiger partial charge in [-0.05, 0) is 41.3 Å². The van der Waals surface area contributed by atoms with Crippen LogP contribution in [0.15, 0.2) is 70.6 Å². The summed E-state index contributed by atoms with van der Waals surface area (Å²) in [5.41, 5.74) is 1.11. The summed E-state index contributed by atoms with van der Waals surface area (Å²) in [6.07, 6.45) is 1.87. The molecule has 0 amide bonds. The third kappa shape index (κ3) is 2.88. The summed E-state index contributed by atoms with van der Waals surface area (Å²) in [6, 6.07) is 18.8. The first-order chi connectivity index (χ1) is 13.1. The van der Waals surface area contributed by atoms with Crippen LogP contribution in [0.25, 0.3) is 27.4 Å². The Kier molecular flexibility index (Phi) is 4.41. The zero-order chi connectivity index (χ0) is 19.0. The van der Waals surface area contributed by atoms with Crippen LogP contribution < -0.4 is 5.56 Å². The number of methoxy groups -OCH3 is 1. The molecule has 0 aliphatic heterocycles. The van der Waals surface area contributed by atoms with Crippen LogP contribution in [0.1, 0.15) is 10.4 Å². The Morgan fingerprint density at radius 3 is 2.56 bits per heavy atom. The van der Waals surface area contributed by atoms with Gasteiger partial charge < -0.3 is 4.74 Å². The minimum absolute atomic E-state index is 0.217. The molecular weight excluding hydrogens is 360 g/mol. The molecule has 0 radical (unpaired) electrons. The van der Waals surface area contributed by atoms with Crippen molar-refractivity contribution in [3.05, 3.63) is 76.6 Å². The van der Waals surface area contributed by atoms with E-state index < -0.39 is 5.97 Å².